The first-order chi connectivity index (χ1) is 18.3. The maximum atomic E-state index is 13.7. The van der Waals surface area contributed by atoms with Crippen LogP contribution in [0.4, 0.5) is 5.69 Å². The van der Waals surface area contributed by atoms with Gasteiger partial charge in [-0.15, -0.1) is 0 Å². The molecule has 1 amide bonds. The molecule has 38 heavy (non-hydrogen) atoms. The first kappa shape index (κ1) is 25.8. The van der Waals surface area contributed by atoms with Gasteiger partial charge in [-0.25, -0.2) is 4.98 Å². The lowest BCUT2D eigenvalue weighted by molar-refractivity contribution is 0.102. The molecule has 6 heteroatoms. The highest BCUT2D eigenvalue weighted by Gasteiger charge is 2.21. The number of amides is 1. The van der Waals surface area contributed by atoms with Crippen LogP contribution in [0.15, 0.2) is 84.9 Å². The van der Waals surface area contributed by atoms with Crippen molar-refractivity contribution in [3.05, 3.63) is 123 Å². The molecule has 0 aliphatic heterocycles. The van der Waals surface area contributed by atoms with Crippen LogP contribution in [0.5, 0.6) is 5.75 Å². The summed E-state index contributed by atoms with van der Waals surface area (Å²) in [5, 5.41) is 4.65. The predicted octanol–water partition coefficient (Wildman–Crippen LogP) is 8.97. The van der Waals surface area contributed by atoms with E-state index < -0.39 is 0 Å². The number of hydrogen-bond donors (Lipinski definition) is 1. The Balaban J connectivity index is 1.55. The molecule has 0 aliphatic carbocycles. The highest BCUT2D eigenvalue weighted by atomic mass is 35.5. The molecule has 0 spiro atoms. The Hall–Kier alpha value is -3.86. The summed E-state index contributed by atoms with van der Waals surface area (Å²) in [6.07, 6.45) is 0. The van der Waals surface area contributed by atoms with Crippen LogP contribution in [0.25, 0.3) is 22.2 Å². The molecule has 0 bridgehead atoms. The van der Waals surface area contributed by atoms with Gasteiger partial charge < -0.3 is 10.1 Å². The first-order valence-electron chi connectivity index (χ1n) is 12.3. The molecule has 0 unspecified atom stereocenters. The summed E-state index contributed by atoms with van der Waals surface area (Å²) in [5.74, 6) is 0.490. The quantitative estimate of drug-likeness (QED) is 0.233. The summed E-state index contributed by atoms with van der Waals surface area (Å²) in [5.41, 5.74) is 7.35. The zero-order valence-corrected chi connectivity index (χ0v) is 22.8. The van der Waals surface area contributed by atoms with Crippen LogP contribution in [0.3, 0.4) is 0 Å². The van der Waals surface area contributed by atoms with Crippen LogP contribution >= 0.6 is 23.2 Å². The molecule has 1 heterocycles. The van der Waals surface area contributed by atoms with Gasteiger partial charge in [0.15, 0.2) is 0 Å². The molecular weight excluding hydrogens is 515 g/mol. The van der Waals surface area contributed by atoms with Gasteiger partial charge in [-0.2, -0.15) is 0 Å². The van der Waals surface area contributed by atoms with Gasteiger partial charge in [-0.1, -0.05) is 65.2 Å². The fourth-order valence-corrected chi connectivity index (χ4v) is 4.95. The third kappa shape index (κ3) is 5.38. The minimum atomic E-state index is -0.270. The third-order valence-corrected chi connectivity index (χ3v) is 7.01. The number of pyridine rings is 1. The van der Waals surface area contributed by atoms with Crippen LogP contribution < -0.4 is 10.1 Å². The second-order valence-electron chi connectivity index (χ2n) is 9.32. The van der Waals surface area contributed by atoms with Crippen molar-refractivity contribution < 1.29 is 9.53 Å². The van der Waals surface area contributed by atoms with Gasteiger partial charge in [0.05, 0.1) is 27.5 Å². The van der Waals surface area contributed by atoms with E-state index in [4.69, 9.17) is 32.9 Å². The van der Waals surface area contributed by atoms with Gasteiger partial charge in [-0.3, -0.25) is 4.79 Å². The van der Waals surface area contributed by atoms with Crippen molar-refractivity contribution in [1.82, 2.24) is 4.98 Å². The van der Waals surface area contributed by atoms with E-state index in [1.807, 2.05) is 81.4 Å². The SMILES string of the molecule is Cc1cc(C)c2nc(-c3ccc(OCc4ccccc4)cc3)c(C)c(C(=O)Nc3cc(Cl)ccc3Cl)c2c1. The highest BCUT2D eigenvalue weighted by molar-refractivity contribution is 6.36. The molecule has 0 saturated carbocycles. The largest absolute Gasteiger partial charge is 0.489 e. The normalized spacial score (nSPS) is 11.0. The van der Waals surface area contributed by atoms with Crippen molar-refractivity contribution in [2.75, 3.05) is 5.32 Å². The summed E-state index contributed by atoms with van der Waals surface area (Å²) >= 11 is 12.5. The molecule has 0 radical (unpaired) electrons. The molecule has 5 rings (SSSR count). The Morgan fingerprint density at radius 2 is 1.63 bits per heavy atom. The van der Waals surface area contributed by atoms with E-state index in [0.29, 0.717) is 27.9 Å². The number of halogens is 2. The molecule has 1 N–H and O–H groups in total. The first-order valence-corrected chi connectivity index (χ1v) is 13.0. The Morgan fingerprint density at radius 3 is 2.37 bits per heavy atom. The van der Waals surface area contributed by atoms with E-state index in [-0.39, 0.29) is 5.91 Å². The smallest absolute Gasteiger partial charge is 0.256 e. The van der Waals surface area contributed by atoms with Crippen LogP contribution in [0.1, 0.15) is 32.6 Å². The fourth-order valence-electron chi connectivity index (χ4n) is 4.62. The molecule has 0 aliphatic rings. The molecular formula is C32H26Cl2N2O2. The van der Waals surface area contributed by atoms with Crippen LogP contribution in [-0.4, -0.2) is 10.9 Å². The van der Waals surface area contributed by atoms with Gasteiger partial charge in [-0.05, 0) is 86.0 Å². The lowest BCUT2D eigenvalue weighted by Crippen LogP contribution is -2.16. The molecule has 4 aromatic carbocycles. The zero-order chi connectivity index (χ0) is 26.8. The number of benzene rings is 4. The fraction of sp³-hybridized carbons (Fsp3) is 0.125. The summed E-state index contributed by atoms with van der Waals surface area (Å²) in [7, 11) is 0. The van der Waals surface area contributed by atoms with Gasteiger partial charge in [0.25, 0.3) is 5.91 Å². The van der Waals surface area contributed by atoms with Crippen molar-refractivity contribution in [3.63, 3.8) is 0 Å². The topological polar surface area (TPSA) is 51.2 Å². The number of anilines is 1. The van der Waals surface area contributed by atoms with Gasteiger partial charge in [0.1, 0.15) is 12.4 Å². The number of nitrogens with zero attached hydrogens (tertiary/aromatic N) is 1. The van der Waals surface area contributed by atoms with E-state index >= 15 is 0 Å². The Kier molecular flexibility index (Phi) is 7.37. The maximum Gasteiger partial charge on any atom is 0.256 e. The van der Waals surface area contributed by atoms with E-state index in [2.05, 4.69) is 11.4 Å². The summed E-state index contributed by atoms with van der Waals surface area (Å²) in [4.78, 5) is 18.8. The number of aryl methyl sites for hydroxylation is 2. The van der Waals surface area contributed by atoms with E-state index in [1.54, 1.807) is 18.2 Å². The van der Waals surface area contributed by atoms with Crippen molar-refractivity contribution >= 4 is 45.7 Å². The number of rotatable bonds is 6. The third-order valence-electron chi connectivity index (χ3n) is 6.45. The second-order valence-corrected chi connectivity index (χ2v) is 10.2. The predicted molar refractivity (Wildman–Crippen MR) is 157 cm³/mol. The number of nitrogens with one attached hydrogen (secondary N) is 1. The number of carbonyl (C=O) groups is 1. The van der Waals surface area contributed by atoms with E-state index in [1.165, 1.54) is 0 Å². The summed E-state index contributed by atoms with van der Waals surface area (Å²) in [6, 6.07) is 26.9. The van der Waals surface area contributed by atoms with Crippen molar-refractivity contribution in [2.24, 2.45) is 0 Å². The van der Waals surface area contributed by atoms with Gasteiger partial charge in [0, 0.05) is 16.0 Å². The van der Waals surface area contributed by atoms with Crippen LogP contribution in [0, 0.1) is 20.8 Å². The molecule has 1 aromatic heterocycles. The van der Waals surface area contributed by atoms with E-state index in [0.717, 1.165) is 50.2 Å². The Labute approximate surface area is 232 Å². The van der Waals surface area contributed by atoms with Crippen LogP contribution in [0.2, 0.25) is 10.0 Å². The van der Waals surface area contributed by atoms with Gasteiger partial charge in [0.2, 0.25) is 0 Å². The van der Waals surface area contributed by atoms with Crippen molar-refractivity contribution in [1.29, 1.82) is 0 Å². The molecule has 0 atom stereocenters. The lowest BCUT2D eigenvalue weighted by Gasteiger charge is -2.17. The lowest BCUT2D eigenvalue weighted by atomic mass is 9.94. The van der Waals surface area contributed by atoms with E-state index in [9.17, 15) is 4.79 Å². The average molecular weight is 541 g/mol. The number of carbonyl (C=O) groups excluding carboxylic acids is 1. The monoisotopic (exact) mass is 540 g/mol. The van der Waals surface area contributed by atoms with Crippen LogP contribution in [-0.2, 0) is 6.61 Å². The standard InChI is InChI=1S/C32H26Cl2N2O2/c1-19-15-20(2)30-26(16-19)29(32(37)35-28-17-24(33)11-14-27(28)34)21(3)31(36-30)23-9-12-25(13-10-23)38-18-22-7-5-4-6-8-22/h4-17H,18H2,1-3H3,(H,35,37). The number of ether oxygens (including phenoxy) is 1. The second kappa shape index (κ2) is 10.9. The molecule has 5 aromatic rings. The minimum Gasteiger partial charge on any atom is -0.489 e. The number of fused-ring (bicyclic) bond motifs is 1. The minimum absolute atomic E-state index is 0.270. The molecule has 4 nitrogen and oxygen atoms in total. The molecule has 0 fully saturated rings. The molecule has 0 saturated heterocycles. The number of aromatic nitrogens is 1. The van der Waals surface area contributed by atoms with Gasteiger partial charge >= 0.3 is 0 Å². The number of hydrogen-bond acceptors (Lipinski definition) is 3. The average Bonchev–Trinajstić information content (AvgIpc) is 2.90. The summed E-state index contributed by atoms with van der Waals surface area (Å²) < 4.78 is 5.96. The Bertz CT molecular complexity index is 1650. The summed E-state index contributed by atoms with van der Waals surface area (Å²) in [6.45, 7) is 6.44. The van der Waals surface area contributed by atoms with Crippen molar-refractivity contribution in [3.8, 4) is 17.0 Å². The Morgan fingerprint density at radius 1 is 0.895 bits per heavy atom. The zero-order valence-electron chi connectivity index (χ0n) is 21.3. The van der Waals surface area contributed by atoms with Crippen molar-refractivity contribution in [2.45, 2.75) is 27.4 Å². The highest BCUT2D eigenvalue weighted by Crippen LogP contribution is 2.34. The maximum absolute atomic E-state index is 13.7. The molecule has 190 valence electrons.